The summed E-state index contributed by atoms with van der Waals surface area (Å²) in [6, 6.07) is 3.69. The zero-order chi connectivity index (χ0) is 12.3. The molecule has 2 heterocycles. The summed E-state index contributed by atoms with van der Waals surface area (Å²) in [6.07, 6.45) is 1.68. The van der Waals surface area contributed by atoms with Gasteiger partial charge in [0.1, 0.15) is 11.8 Å². The maximum absolute atomic E-state index is 8.71. The molecule has 0 aromatic carbocycles. The first kappa shape index (κ1) is 11.2. The number of hydrogen-bond acceptors (Lipinski definition) is 5. The first-order chi connectivity index (χ1) is 8.28. The fourth-order valence-corrected chi connectivity index (χ4v) is 1.55. The van der Waals surface area contributed by atoms with E-state index in [1.54, 1.807) is 12.3 Å². The molecular formula is C11H13N5O. The Labute approximate surface area is 98.9 Å². The fraction of sp³-hybridized carbons (Fsp3) is 0.364. The Morgan fingerprint density at radius 3 is 2.82 bits per heavy atom. The minimum absolute atomic E-state index is 0.421. The minimum Gasteiger partial charge on any atom is -0.352 e. The molecular weight excluding hydrogens is 218 g/mol. The molecule has 0 saturated heterocycles. The highest BCUT2D eigenvalue weighted by atomic mass is 16.5. The molecule has 0 saturated carbocycles. The van der Waals surface area contributed by atoms with Crippen molar-refractivity contribution in [3.8, 4) is 17.5 Å². The summed E-state index contributed by atoms with van der Waals surface area (Å²) in [6.45, 7) is 5.71. The van der Waals surface area contributed by atoms with E-state index in [1.807, 2.05) is 24.8 Å². The average Bonchev–Trinajstić information content (AvgIpc) is 2.98. The molecule has 17 heavy (non-hydrogen) atoms. The van der Waals surface area contributed by atoms with Gasteiger partial charge in [0.25, 0.3) is 11.8 Å². The van der Waals surface area contributed by atoms with Crippen LogP contribution in [0, 0.1) is 11.3 Å². The van der Waals surface area contributed by atoms with Crippen LogP contribution in [0.2, 0.25) is 0 Å². The van der Waals surface area contributed by atoms with E-state index in [-0.39, 0.29) is 0 Å². The van der Waals surface area contributed by atoms with E-state index in [0.717, 1.165) is 18.7 Å². The van der Waals surface area contributed by atoms with Crippen LogP contribution >= 0.6 is 0 Å². The van der Waals surface area contributed by atoms with Crippen molar-refractivity contribution >= 4 is 5.95 Å². The predicted molar refractivity (Wildman–Crippen MR) is 62.4 cm³/mol. The Balaban J connectivity index is 2.26. The lowest BCUT2D eigenvalue weighted by molar-refractivity contribution is 0.429. The van der Waals surface area contributed by atoms with Gasteiger partial charge in [-0.25, -0.2) is 0 Å². The Hall–Kier alpha value is -2.29. The number of nitriles is 1. The van der Waals surface area contributed by atoms with Crippen molar-refractivity contribution in [1.82, 2.24) is 15.1 Å². The van der Waals surface area contributed by atoms with Gasteiger partial charge in [-0.15, -0.1) is 0 Å². The Bertz CT molecular complexity index is 532. The number of anilines is 1. The molecule has 0 amide bonds. The number of rotatable bonds is 4. The molecule has 0 fully saturated rings. The van der Waals surface area contributed by atoms with Gasteiger partial charge in [0.15, 0.2) is 0 Å². The van der Waals surface area contributed by atoms with E-state index in [9.17, 15) is 0 Å². The molecule has 2 rings (SSSR count). The molecule has 0 bridgehead atoms. The fourth-order valence-electron chi connectivity index (χ4n) is 1.55. The van der Waals surface area contributed by atoms with Crippen molar-refractivity contribution in [2.24, 2.45) is 0 Å². The lowest BCUT2D eigenvalue weighted by atomic mass is 10.3. The van der Waals surface area contributed by atoms with Crippen LogP contribution in [0.3, 0.4) is 0 Å². The predicted octanol–water partition coefficient (Wildman–Crippen LogP) is 1.78. The quantitative estimate of drug-likeness (QED) is 0.867. The molecule has 2 aromatic rings. The second-order valence-electron chi connectivity index (χ2n) is 3.49. The Morgan fingerprint density at radius 1 is 1.47 bits per heavy atom. The van der Waals surface area contributed by atoms with Crippen molar-refractivity contribution in [3.05, 3.63) is 18.0 Å². The minimum atomic E-state index is 0.421. The van der Waals surface area contributed by atoms with Gasteiger partial charge in [0.2, 0.25) is 0 Å². The smallest absolute Gasteiger partial charge is 0.266 e. The molecule has 6 heteroatoms. The number of nitrogens with one attached hydrogen (secondary N) is 1. The first-order valence-corrected chi connectivity index (χ1v) is 5.46. The standard InChI is InChI=1S/C11H13N5O/c1-3-16(4-2)11-14-10(17-15-11)8-5-9(6-12)13-7-8/h5,7,13H,3-4H2,1-2H3. The van der Waals surface area contributed by atoms with E-state index in [0.29, 0.717) is 17.5 Å². The summed E-state index contributed by atoms with van der Waals surface area (Å²) in [7, 11) is 0. The number of hydrogen-bond donors (Lipinski definition) is 1. The van der Waals surface area contributed by atoms with Crippen LogP contribution in [0.25, 0.3) is 11.5 Å². The van der Waals surface area contributed by atoms with Crippen LogP contribution in [0.5, 0.6) is 0 Å². The maximum atomic E-state index is 8.71. The third-order valence-corrected chi connectivity index (χ3v) is 2.51. The molecule has 88 valence electrons. The van der Waals surface area contributed by atoms with Gasteiger partial charge < -0.3 is 14.4 Å². The van der Waals surface area contributed by atoms with Crippen molar-refractivity contribution in [3.63, 3.8) is 0 Å². The third-order valence-electron chi connectivity index (χ3n) is 2.51. The summed E-state index contributed by atoms with van der Waals surface area (Å²) in [5.74, 6) is 0.995. The van der Waals surface area contributed by atoms with Crippen LogP contribution in [-0.4, -0.2) is 28.2 Å². The van der Waals surface area contributed by atoms with Gasteiger partial charge in [-0.05, 0) is 25.1 Å². The lowest BCUT2D eigenvalue weighted by Gasteiger charge is -2.14. The summed E-state index contributed by atoms with van der Waals surface area (Å²) in [5.41, 5.74) is 1.20. The van der Waals surface area contributed by atoms with Gasteiger partial charge in [-0.1, -0.05) is 0 Å². The molecule has 2 aromatic heterocycles. The zero-order valence-corrected chi connectivity index (χ0v) is 9.77. The molecule has 0 spiro atoms. The number of aromatic nitrogens is 3. The molecule has 0 aliphatic heterocycles. The van der Waals surface area contributed by atoms with Gasteiger partial charge >= 0.3 is 0 Å². The highest BCUT2D eigenvalue weighted by Crippen LogP contribution is 2.20. The van der Waals surface area contributed by atoms with Crippen LogP contribution in [0.15, 0.2) is 16.8 Å². The SMILES string of the molecule is CCN(CC)c1noc(-c2c[nH]c(C#N)c2)n1. The van der Waals surface area contributed by atoms with E-state index in [2.05, 4.69) is 15.1 Å². The van der Waals surface area contributed by atoms with E-state index in [1.165, 1.54) is 0 Å². The third kappa shape index (κ3) is 2.13. The molecule has 0 atom stereocenters. The van der Waals surface area contributed by atoms with Crippen molar-refractivity contribution in [2.75, 3.05) is 18.0 Å². The first-order valence-electron chi connectivity index (χ1n) is 5.46. The van der Waals surface area contributed by atoms with Crippen LogP contribution in [0.4, 0.5) is 5.95 Å². The van der Waals surface area contributed by atoms with Crippen LogP contribution < -0.4 is 4.90 Å². The molecule has 0 radical (unpaired) electrons. The molecule has 0 aliphatic rings. The van der Waals surface area contributed by atoms with E-state index < -0.39 is 0 Å². The largest absolute Gasteiger partial charge is 0.352 e. The number of nitrogens with zero attached hydrogens (tertiary/aromatic N) is 4. The van der Waals surface area contributed by atoms with Gasteiger partial charge in [0, 0.05) is 19.3 Å². The topological polar surface area (TPSA) is 81.7 Å². The van der Waals surface area contributed by atoms with Crippen molar-refractivity contribution in [2.45, 2.75) is 13.8 Å². The van der Waals surface area contributed by atoms with Crippen LogP contribution in [0.1, 0.15) is 19.5 Å². The molecule has 1 N–H and O–H groups in total. The summed E-state index contributed by atoms with van der Waals surface area (Å²) >= 11 is 0. The highest BCUT2D eigenvalue weighted by molar-refractivity contribution is 5.56. The van der Waals surface area contributed by atoms with E-state index in [4.69, 9.17) is 9.78 Å². The zero-order valence-electron chi connectivity index (χ0n) is 9.77. The molecule has 6 nitrogen and oxygen atoms in total. The van der Waals surface area contributed by atoms with Crippen LogP contribution in [-0.2, 0) is 0 Å². The van der Waals surface area contributed by atoms with Crippen molar-refractivity contribution in [1.29, 1.82) is 5.26 Å². The Morgan fingerprint density at radius 2 is 2.24 bits per heavy atom. The maximum Gasteiger partial charge on any atom is 0.266 e. The average molecular weight is 231 g/mol. The molecule has 0 aliphatic carbocycles. The summed E-state index contributed by atoms with van der Waals surface area (Å²) in [4.78, 5) is 9.10. The van der Waals surface area contributed by atoms with Gasteiger partial charge in [-0.2, -0.15) is 10.2 Å². The lowest BCUT2D eigenvalue weighted by Crippen LogP contribution is -2.22. The second kappa shape index (κ2) is 4.70. The Kier molecular flexibility index (Phi) is 3.10. The molecule has 0 unspecified atom stereocenters. The normalized spacial score (nSPS) is 10.2. The van der Waals surface area contributed by atoms with Gasteiger partial charge in [-0.3, -0.25) is 0 Å². The van der Waals surface area contributed by atoms with E-state index >= 15 is 0 Å². The summed E-state index contributed by atoms with van der Waals surface area (Å²) < 4.78 is 5.16. The summed E-state index contributed by atoms with van der Waals surface area (Å²) in [5, 5.41) is 12.6. The monoisotopic (exact) mass is 231 g/mol. The number of H-pyrrole nitrogens is 1. The second-order valence-corrected chi connectivity index (χ2v) is 3.49. The van der Waals surface area contributed by atoms with Gasteiger partial charge in [0.05, 0.1) is 5.56 Å². The van der Waals surface area contributed by atoms with Crippen molar-refractivity contribution < 1.29 is 4.52 Å². The number of aromatic amines is 1. The highest BCUT2D eigenvalue weighted by Gasteiger charge is 2.13.